The van der Waals surface area contributed by atoms with Gasteiger partial charge in [0, 0.05) is 4.90 Å². The summed E-state index contributed by atoms with van der Waals surface area (Å²) in [5, 5.41) is 13.4. The summed E-state index contributed by atoms with van der Waals surface area (Å²) in [6.45, 7) is 0. The molecule has 0 atom stereocenters. The molecule has 2 rings (SSSR count). The number of nitrogens with one attached hydrogen (secondary N) is 1. The lowest BCUT2D eigenvalue weighted by atomic mass is 10.4. The zero-order valence-electron chi connectivity index (χ0n) is 7.14. The van der Waals surface area contributed by atoms with Crippen LogP contribution in [0.15, 0.2) is 29.2 Å². The highest BCUT2D eigenvalue weighted by Crippen LogP contribution is 2.20. The minimum absolute atomic E-state index is 0.228. The summed E-state index contributed by atoms with van der Waals surface area (Å²) < 4.78 is 12.6. The minimum atomic E-state index is -0.228. The molecule has 0 fully saturated rings. The predicted octanol–water partition coefficient (Wildman–Crippen LogP) is 1.63. The Hall–Kier alpha value is -1.43. The molecule has 0 aliphatic carbocycles. The summed E-state index contributed by atoms with van der Waals surface area (Å²) in [4.78, 5) is 0.983. The molecule has 0 amide bonds. The molecule has 0 aliphatic heterocycles. The van der Waals surface area contributed by atoms with Crippen molar-refractivity contribution in [3.05, 3.63) is 35.9 Å². The molecule has 6 heteroatoms. The number of hydrogen-bond donors (Lipinski definition) is 1. The van der Waals surface area contributed by atoms with Crippen LogP contribution in [0.2, 0.25) is 0 Å². The Morgan fingerprint density at radius 2 is 2.07 bits per heavy atom. The highest BCUT2D eigenvalue weighted by molar-refractivity contribution is 7.98. The Labute approximate surface area is 83.9 Å². The molecule has 0 bridgehead atoms. The maximum atomic E-state index is 12.6. The second-order valence-corrected chi connectivity index (χ2v) is 3.62. The van der Waals surface area contributed by atoms with Gasteiger partial charge in [-0.2, -0.15) is 5.21 Å². The van der Waals surface area contributed by atoms with Crippen molar-refractivity contribution in [3.63, 3.8) is 0 Å². The number of tetrazole rings is 1. The van der Waals surface area contributed by atoms with Crippen molar-refractivity contribution in [3.8, 4) is 0 Å². The van der Waals surface area contributed by atoms with E-state index in [1.807, 2.05) is 0 Å². The van der Waals surface area contributed by atoms with E-state index >= 15 is 0 Å². The summed E-state index contributed by atoms with van der Waals surface area (Å²) in [7, 11) is 0. The Bertz CT molecular complexity index is 386. The maximum Gasteiger partial charge on any atom is 0.184 e. The summed E-state index contributed by atoms with van der Waals surface area (Å²) >= 11 is 1.54. The number of rotatable bonds is 3. The molecule has 14 heavy (non-hydrogen) atoms. The Morgan fingerprint density at radius 1 is 1.29 bits per heavy atom. The Morgan fingerprint density at radius 3 is 2.71 bits per heavy atom. The fraction of sp³-hybridized carbons (Fsp3) is 0.125. The van der Waals surface area contributed by atoms with Gasteiger partial charge in [-0.1, -0.05) is 5.21 Å². The van der Waals surface area contributed by atoms with E-state index in [1.54, 1.807) is 12.1 Å². The first kappa shape index (κ1) is 9.14. The fourth-order valence-corrected chi connectivity index (χ4v) is 1.67. The number of halogens is 1. The molecule has 0 saturated heterocycles. The van der Waals surface area contributed by atoms with E-state index < -0.39 is 0 Å². The molecule has 1 N–H and O–H groups in total. The van der Waals surface area contributed by atoms with Crippen LogP contribution in [0.25, 0.3) is 0 Å². The van der Waals surface area contributed by atoms with E-state index in [9.17, 15) is 4.39 Å². The molecule has 0 aliphatic rings. The van der Waals surface area contributed by atoms with Gasteiger partial charge in [-0.15, -0.1) is 22.0 Å². The van der Waals surface area contributed by atoms with Gasteiger partial charge in [-0.3, -0.25) is 0 Å². The standard InChI is InChI=1S/C8H7FN4S/c9-6-1-3-7(4-2-6)14-5-8-10-12-13-11-8/h1-4H,5H2,(H,10,11,12,13). The van der Waals surface area contributed by atoms with E-state index in [4.69, 9.17) is 0 Å². The van der Waals surface area contributed by atoms with Gasteiger partial charge in [-0.05, 0) is 24.3 Å². The molecule has 0 saturated carbocycles. The number of benzene rings is 1. The molecule has 1 aromatic carbocycles. The van der Waals surface area contributed by atoms with Gasteiger partial charge >= 0.3 is 0 Å². The Balaban J connectivity index is 1.95. The lowest BCUT2D eigenvalue weighted by molar-refractivity contribution is 0.626. The van der Waals surface area contributed by atoms with Gasteiger partial charge in [-0.25, -0.2) is 4.39 Å². The molecule has 1 heterocycles. The number of hydrogen-bond acceptors (Lipinski definition) is 4. The quantitative estimate of drug-likeness (QED) is 0.782. The van der Waals surface area contributed by atoms with Crippen LogP contribution in [-0.4, -0.2) is 20.6 Å². The number of thioether (sulfide) groups is 1. The van der Waals surface area contributed by atoms with Crippen LogP contribution in [0.5, 0.6) is 0 Å². The number of H-pyrrole nitrogens is 1. The normalized spacial score (nSPS) is 10.4. The van der Waals surface area contributed by atoms with Gasteiger partial charge < -0.3 is 0 Å². The Kier molecular flexibility index (Phi) is 2.73. The summed E-state index contributed by atoms with van der Waals surface area (Å²) in [5.74, 6) is 1.04. The molecule has 0 radical (unpaired) electrons. The summed E-state index contributed by atoms with van der Waals surface area (Å²) in [6.07, 6.45) is 0. The van der Waals surface area contributed by atoms with Crippen molar-refractivity contribution < 1.29 is 4.39 Å². The maximum absolute atomic E-state index is 12.6. The monoisotopic (exact) mass is 210 g/mol. The first-order chi connectivity index (χ1) is 6.84. The van der Waals surface area contributed by atoms with Crippen LogP contribution in [0.3, 0.4) is 0 Å². The van der Waals surface area contributed by atoms with Crippen molar-refractivity contribution in [2.75, 3.05) is 0 Å². The van der Waals surface area contributed by atoms with E-state index in [0.29, 0.717) is 11.6 Å². The largest absolute Gasteiger partial charge is 0.207 e. The van der Waals surface area contributed by atoms with Gasteiger partial charge in [0.1, 0.15) is 5.82 Å². The molecule has 2 aromatic rings. The van der Waals surface area contributed by atoms with Gasteiger partial charge in [0.05, 0.1) is 5.75 Å². The molecule has 0 unspecified atom stereocenters. The van der Waals surface area contributed by atoms with E-state index in [-0.39, 0.29) is 5.82 Å². The first-order valence-electron chi connectivity index (χ1n) is 3.95. The third-order valence-corrected chi connectivity index (χ3v) is 2.58. The first-order valence-corrected chi connectivity index (χ1v) is 4.94. The highest BCUT2D eigenvalue weighted by atomic mass is 32.2. The number of aromatic nitrogens is 4. The summed E-state index contributed by atoms with van der Waals surface area (Å²) in [6, 6.07) is 6.30. The van der Waals surface area contributed by atoms with Crippen LogP contribution in [0.1, 0.15) is 5.82 Å². The average molecular weight is 210 g/mol. The third kappa shape index (κ3) is 2.29. The van der Waals surface area contributed by atoms with Crippen molar-refractivity contribution in [1.29, 1.82) is 0 Å². The second-order valence-electron chi connectivity index (χ2n) is 2.57. The lowest BCUT2D eigenvalue weighted by Crippen LogP contribution is -1.84. The predicted molar refractivity (Wildman–Crippen MR) is 50.1 cm³/mol. The van der Waals surface area contributed by atoms with E-state index in [1.165, 1.54) is 23.9 Å². The SMILES string of the molecule is Fc1ccc(SCc2nn[nH]n2)cc1. The highest BCUT2D eigenvalue weighted by Gasteiger charge is 1.99. The van der Waals surface area contributed by atoms with Crippen LogP contribution in [0, 0.1) is 5.82 Å². The van der Waals surface area contributed by atoms with Gasteiger partial charge in [0.25, 0.3) is 0 Å². The van der Waals surface area contributed by atoms with Crippen molar-refractivity contribution in [2.45, 2.75) is 10.6 Å². The van der Waals surface area contributed by atoms with Crippen molar-refractivity contribution in [1.82, 2.24) is 20.6 Å². The van der Waals surface area contributed by atoms with E-state index in [2.05, 4.69) is 20.6 Å². The average Bonchev–Trinajstić information content (AvgIpc) is 2.70. The molecule has 0 spiro atoms. The molecule has 4 nitrogen and oxygen atoms in total. The zero-order chi connectivity index (χ0) is 9.80. The van der Waals surface area contributed by atoms with Crippen LogP contribution < -0.4 is 0 Å². The number of aromatic amines is 1. The zero-order valence-corrected chi connectivity index (χ0v) is 7.96. The van der Waals surface area contributed by atoms with E-state index in [0.717, 1.165) is 4.90 Å². The topological polar surface area (TPSA) is 54.5 Å². The summed E-state index contributed by atoms with van der Waals surface area (Å²) in [5.41, 5.74) is 0. The molecule has 72 valence electrons. The van der Waals surface area contributed by atoms with Crippen molar-refractivity contribution in [2.24, 2.45) is 0 Å². The lowest BCUT2D eigenvalue weighted by Gasteiger charge is -1.97. The fourth-order valence-electron chi connectivity index (χ4n) is 0.922. The van der Waals surface area contributed by atoms with Gasteiger partial charge in [0.2, 0.25) is 0 Å². The smallest absolute Gasteiger partial charge is 0.184 e. The molecular formula is C8H7FN4S. The third-order valence-electron chi connectivity index (χ3n) is 1.57. The minimum Gasteiger partial charge on any atom is -0.207 e. The second kappa shape index (κ2) is 4.19. The van der Waals surface area contributed by atoms with Crippen LogP contribution in [0.4, 0.5) is 4.39 Å². The molecule has 1 aromatic heterocycles. The molecular weight excluding hydrogens is 203 g/mol. The van der Waals surface area contributed by atoms with Crippen LogP contribution in [-0.2, 0) is 5.75 Å². The van der Waals surface area contributed by atoms with Crippen molar-refractivity contribution >= 4 is 11.8 Å². The van der Waals surface area contributed by atoms with Crippen LogP contribution >= 0.6 is 11.8 Å². The van der Waals surface area contributed by atoms with Gasteiger partial charge in [0.15, 0.2) is 5.82 Å². The number of nitrogens with zero attached hydrogens (tertiary/aromatic N) is 3.